The largest absolute Gasteiger partial charge is 0.484 e. The van der Waals surface area contributed by atoms with Crippen molar-refractivity contribution in [1.82, 2.24) is 9.62 Å². The van der Waals surface area contributed by atoms with Crippen LogP contribution in [-0.2, 0) is 21.4 Å². The lowest BCUT2D eigenvalue weighted by Crippen LogP contribution is -2.35. The van der Waals surface area contributed by atoms with Gasteiger partial charge in [0.25, 0.3) is 5.91 Å². The number of rotatable bonds is 8. The molecular formula is C15H24N2O4S. The van der Waals surface area contributed by atoms with Crippen LogP contribution in [0.15, 0.2) is 24.3 Å². The molecule has 0 aliphatic carbocycles. The summed E-state index contributed by atoms with van der Waals surface area (Å²) < 4.78 is 29.4. The molecule has 6 nitrogen and oxygen atoms in total. The average molecular weight is 328 g/mol. The van der Waals surface area contributed by atoms with Gasteiger partial charge in [0.2, 0.25) is 10.0 Å². The highest BCUT2D eigenvalue weighted by atomic mass is 32.2. The van der Waals surface area contributed by atoms with Crippen molar-refractivity contribution in [3.8, 4) is 5.75 Å². The summed E-state index contributed by atoms with van der Waals surface area (Å²) in [6.45, 7) is 4.20. The molecule has 0 aromatic heterocycles. The predicted octanol–water partition coefficient (Wildman–Crippen LogP) is 1.37. The smallest absolute Gasteiger partial charge is 0.258 e. The first kappa shape index (κ1) is 18.4. The zero-order valence-electron chi connectivity index (χ0n) is 13.5. The zero-order valence-corrected chi connectivity index (χ0v) is 14.3. The first-order valence-corrected chi connectivity index (χ1v) is 8.99. The molecule has 1 aromatic rings. The quantitative estimate of drug-likeness (QED) is 0.782. The summed E-state index contributed by atoms with van der Waals surface area (Å²) in [5, 5.41) is 2.82. The van der Waals surface area contributed by atoms with Gasteiger partial charge in [-0.15, -0.1) is 0 Å². The summed E-state index contributed by atoms with van der Waals surface area (Å²) in [7, 11) is -1.67. The summed E-state index contributed by atoms with van der Waals surface area (Å²) in [6, 6.07) is 7.14. The van der Waals surface area contributed by atoms with Crippen LogP contribution in [0.5, 0.6) is 5.75 Å². The van der Waals surface area contributed by atoms with Gasteiger partial charge in [-0.1, -0.05) is 19.1 Å². The van der Waals surface area contributed by atoms with Gasteiger partial charge in [-0.3, -0.25) is 4.79 Å². The van der Waals surface area contributed by atoms with Crippen LogP contribution in [0.1, 0.15) is 25.8 Å². The molecule has 1 aromatic carbocycles. The second kappa shape index (κ2) is 8.14. The summed E-state index contributed by atoms with van der Waals surface area (Å²) in [5.74, 6) is 0.417. The number of hydrogen-bond acceptors (Lipinski definition) is 4. The SMILES string of the molecule is CC[C@H](C)NC(=O)COc1ccc(CN(C)S(C)(=O)=O)cc1. The van der Waals surface area contributed by atoms with Gasteiger partial charge in [0, 0.05) is 19.6 Å². The van der Waals surface area contributed by atoms with Crippen molar-refractivity contribution in [3.05, 3.63) is 29.8 Å². The molecule has 22 heavy (non-hydrogen) atoms. The van der Waals surface area contributed by atoms with Crippen molar-refractivity contribution in [2.75, 3.05) is 19.9 Å². The molecule has 0 aliphatic heterocycles. The highest BCUT2D eigenvalue weighted by Crippen LogP contribution is 2.14. The number of benzene rings is 1. The topological polar surface area (TPSA) is 75.7 Å². The Kier molecular flexibility index (Phi) is 6.83. The highest BCUT2D eigenvalue weighted by Gasteiger charge is 2.11. The van der Waals surface area contributed by atoms with Crippen LogP contribution in [0.3, 0.4) is 0 Å². The molecule has 7 heteroatoms. The molecule has 0 bridgehead atoms. The fourth-order valence-corrected chi connectivity index (χ4v) is 2.02. The van der Waals surface area contributed by atoms with Gasteiger partial charge < -0.3 is 10.1 Å². The maximum absolute atomic E-state index is 11.6. The van der Waals surface area contributed by atoms with E-state index in [9.17, 15) is 13.2 Å². The fourth-order valence-electron chi connectivity index (χ4n) is 1.63. The van der Waals surface area contributed by atoms with E-state index in [0.29, 0.717) is 12.3 Å². The Hall–Kier alpha value is -1.60. The van der Waals surface area contributed by atoms with E-state index in [1.807, 2.05) is 13.8 Å². The molecule has 1 atom stereocenters. The normalized spacial score (nSPS) is 13.0. The molecule has 1 rings (SSSR count). The number of sulfonamides is 1. The Labute approximate surface area is 132 Å². The molecule has 0 heterocycles. The monoisotopic (exact) mass is 328 g/mol. The van der Waals surface area contributed by atoms with Crippen molar-refractivity contribution < 1.29 is 17.9 Å². The molecule has 1 N–H and O–H groups in total. The van der Waals surface area contributed by atoms with Gasteiger partial charge in [-0.25, -0.2) is 12.7 Å². The van der Waals surface area contributed by atoms with Gasteiger partial charge in [0.15, 0.2) is 6.61 Å². The molecule has 0 saturated heterocycles. The van der Waals surface area contributed by atoms with Crippen molar-refractivity contribution in [3.63, 3.8) is 0 Å². The van der Waals surface area contributed by atoms with Gasteiger partial charge in [-0.05, 0) is 31.0 Å². The van der Waals surface area contributed by atoms with E-state index in [4.69, 9.17) is 4.74 Å². The van der Waals surface area contributed by atoms with Gasteiger partial charge in [-0.2, -0.15) is 0 Å². The van der Waals surface area contributed by atoms with Crippen molar-refractivity contribution in [1.29, 1.82) is 0 Å². The summed E-state index contributed by atoms with van der Waals surface area (Å²) >= 11 is 0. The average Bonchev–Trinajstić information content (AvgIpc) is 2.45. The van der Waals surface area contributed by atoms with Crippen LogP contribution in [0, 0.1) is 0 Å². The molecule has 0 unspecified atom stereocenters. The molecule has 124 valence electrons. The van der Waals surface area contributed by atoms with Crippen LogP contribution >= 0.6 is 0 Å². The Morgan fingerprint density at radius 3 is 2.41 bits per heavy atom. The number of ether oxygens (including phenoxy) is 1. The molecule has 0 aliphatic rings. The first-order valence-electron chi connectivity index (χ1n) is 7.14. The number of carbonyl (C=O) groups excluding carboxylic acids is 1. The van der Waals surface area contributed by atoms with E-state index < -0.39 is 10.0 Å². The Balaban J connectivity index is 2.50. The van der Waals surface area contributed by atoms with Crippen LogP contribution < -0.4 is 10.1 Å². The van der Waals surface area contributed by atoms with E-state index in [1.165, 1.54) is 17.6 Å². The molecule has 1 amide bonds. The minimum atomic E-state index is -3.20. The second-order valence-electron chi connectivity index (χ2n) is 5.33. The summed E-state index contributed by atoms with van der Waals surface area (Å²) in [5.41, 5.74) is 0.851. The maximum atomic E-state index is 11.6. The summed E-state index contributed by atoms with van der Waals surface area (Å²) in [6.07, 6.45) is 2.04. The van der Waals surface area contributed by atoms with Gasteiger partial charge >= 0.3 is 0 Å². The van der Waals surface area contributed by atoms with Gasteiger partial charge in [0.05, 0.1) is 6.26 Å². The third-order valence-electron chi connectivity index (χ3n) is 3.28. The second-order valence-corrected chi connectivity index (χ2v) is 7.42. The van der Waals surface area contributed by atoms with Crippen LogP contribution in [0.4, 0.5) is 0 Å². The molecule has 0 saturated carbocycles. The maximum Gasteiger partial charge on any atom is 0.258 e. The standard InChI is InChI=1S/C15H24N2O4S/c1-5-12(2)16-15(18)11-21-14-8-6-13(7-9-14)10-17(3)22(4,19)20/h6-9,12H,5,10-11H2,1-4H3,(H,16,18)/t12-/m0/s1. The lowest BCUT2D eigenvalue weighted by molar-refractivity contribution is -0.123. The highest BCUT2D eigenvalue weighted by molar-refractivity contribution is 7.88. The zero-order chi connectivity index (χ0) is 16.8. The molecule has 0 spiro atoms. The van der Waals surface area contributed by atoms with E-state index in [2.05, 4.69) is 5.32 Å². The van der Waals surface area contributed by atoms with E-state index >= 15 is 0 Å². The molecular weight excluding hydrogens is 304 g/mol. The lowest BCUT2D eigenvalue weighted by atomic mass is 10.2. The Bertz CT molecular complexity index is 584. The lowest BCUT2D eigenvalue weighted by Gasteiger charge is -2.14. The summed E-state index contributed by atoms with van der Waals surface area (Å²) in [4.78, 5) is 11.6. The third-order valence-corrected chi connectivity index (χ3v) is 4.55. The number of nitrogens with one attached hydrogen (secondary N) is 1. The third kappa shape index (κ3) is 6.44. The fraction of sp³-hybridized carbons (Fsp3) is 0.533. The number of amides is 1. The van der Waals surface area contributed by atoms with Crippen LogP contribution in [-0.4, -0.2) is 44.6 Å². The number of carbonyl (C=O) groups is 1. The molecule has 0 fully saturated rings. The Morgan fingerprint density at radius 1 is 1.32 bits per heavy atom. The first-order chi connectivity index (χ1) is 10.2. The van der Waals surface area contributed by atoms with Crippen molar-refractivity contribution in [2.24, 2.45) is 0 Å². The van der Waals surface area contributed by atoms with E-state index in [1.54, 1.807) is 24.3 Å². The minimum absolute atomic E-state index is 0.0348. The predicted molar refractivity (Wildman–Crippen MR) is 86.1 cm³/mol. The van der Waals surface area contributed by atoms with Crippen LogP contribution in [0.25, 0.3) is 0 Å². The van der Waals surface area contributed by atoms with E-state index in [0.717, 1.165) is 12.0 Å². The number of hydrogen-bond donors (Lipinski definition) is 1. The van der Waals surface area contributed by atoms with Crippen LogP contribution in [0.2, 0.25) is 0 Å². The van der Waals surface area contributed by atoms with E-state index in [-0.39, 0.29) is 18.6 Å². The van der Waals surface area contributed by atoms with Crippen molar-refractivity contribution in [2.45, 2.75) is 32.9 Å². The Morgan fingerprint density at radius 2 is 1.91 bits per heavy atom. The minimum Gasteiger partial charge on any atom is -0.484 e. The van der Waals surface area contributed by atoms with Gasteiger partial charge in [0.1, 0.15) is 5.75 Å². The van der Waals surface area contributed by atoms with Crippen molar-refractivity contribution >= 4 is 15.9 Å². The molecule has 0 radical (unpaired) electrons. The number of nitrogens with zero attached hydrogens (tertiary/aromatic N) is 1.